The van der Waals surface area contributed by atoms with E-state index in [4.69, 9.17) is 4.52 Å². The van der Waals surface area contributed by atoms with Crippen LogP contribution in [0.3, 0.4) is 0 Å². The molecule has 2 aromatic rings. The van der Waals surface area contributed by atoms with E-state index in [9.17, 15) is 9.18 Å². The van der Waals surface area contributed by atoms with Gasteiger partial charge in [0.05, 0.1) is 5.56 Å². The Balaban J connectivity index is 2.22. The van der Waals surface area contributed by atoms with Crippen LogP contribution in [0.2, 0.25) is 0 Å². The molecular formula is C12H11FN2O2. The minimum absolute atomic E-state index is 0.00865. The zero-order valence-corrected chi connectivity index (χ0v) is 9.45. The molecular weight excluding hydrogens is 223 g/mol. The number of anilines is 1. The number of hydrogen-bond acceptors (Lipinski definition) is 3. The van der Waals surface area contributed by atoms with Gasteiger partial charge in [-0.15, -0.1) is 0 Å². The molecule has 1 aromatic carbocycles. The third-order valence-corrected chi connectivity index (χ3v) is 2.24. The van der Waals surface area contributed by atoms with Crippen LogP contribution < -0.4 is 5.32 Å². The predicted molar refractivity (Wildman–Crippen MR) is 60.3 cm³/mol. The Morgan fingerprint density at radius 1 is 1.35 bits per heavy atom. The Morgan fingerprint density at radius 2 is 2.12 bits per heavy atom. The number of nitrogens with zero attached hydrogens (tertiary/aromatic N) is 1. The van der Waals surface area contributed by atoms with Crippen LogP contribution in [-0.2, 0) is 0 Å². The number of amides is 1. The first-order valence-corrected chi connectivity index (χ1v) is 5.07. The van der Waals surface area contributed by atoms with Gasteiger partial charge < -0.3 is 9.84 Å². The fraction of sp³-hybridized carbons (Fsp3) is 0.167. The van der Waals surface area contributed by atoms with Gasteiger partial charge in [-0.3, -0.25) is 4.79 Å². The van der Waals surface area contributed by atoms with Crippen molar-refractivity contribution in [2.24, 2.45) is 0 Å². The monoisotopic (exact) mass is 234 g/mol. The third-order valence-electron chi connectivity index (χ3n) is 2.24. The SMILES string of the molecule is Cc1ccc(F)c(C(=O)Nc2cc(C)on2)c1. The first-order chi connectivity index (χ1) is 8.06. The van der Waals surface area contributed by atoms with Gasteiger partial charge >= 0.3 is 0 Å². The van der Waals surface area contributed by atoms with E-state index in [0.717, 1.165) is 5.56 Å². The summed E-state index contributed by atoms with van der Waals surface area (Å²) >= 11 is 0. The number of aryl methyl sites for hydroxylation is 2. The highest BCUT2D eigenvalue weighted by atomic mass is 19.1. The van der Waals surface area contributed by atoms with Gasteiger partial charge in [-0.05, 0) is 26.0 Å². The van der Waals surface area contributed by atoms with E-state index in [0.29, 0.717) is 5.76 Å². The van der Waals surface area contributed by atoms with Gasteiger partial charge in [-0.1, -0.05) is 16.8 Å². The minimum Gasteiger partial charge on any atom is -0.360 e. The van der Waals surface area contributed by atoms with Crippen LogP contribution in [0.1, 0.15) is 21.7 Å². The Labute approximate surface area is 97.4 Å². The lowest BCUT2D eigenvalue weighted by atomic mass is 10.1. The highest BCUT2D eigenvalue weighted by Crippen LogP contribution is 2.13. The Bertz CT molecular complexity index is 563. The summed E-state index contributed by atoms with van der Waals surface area (Å²) < 4.78 is 18.2. The molecule has 4 nitrogen and oxygen atoms in total. The molecule has 0 saturated heterocycles. The quantitative estimate of drug-likeness (QED) is 0.869. The molecule has 88 valence electrons. The molecule has 0 radical (unpaired) electrons. The number of carbonyl (C=O) groups is 1. The van der Waals surface area contributed by atoms with E-state index in [2.05, 4.69) is 10.5 Å². The van der Waals surface area contributed by atoms with Crippen LogP contribution in [0.15, 0.2) is 28.8 Å². The molecule has 1 amide bonds. The smallest absolute Gasteiger partial charge is 0.259 e. The normalized spacial score (nSPS) is 10.3. The molecule has 1 aromatic heterocycles. The molecule has 0 bridgehead atoms. The maximum atomic E-state index is 13.4. The lowest BCUT2D eigenvalue weighted by Crippen LogP contribution is -2.14. The largest absolute Gasteiger partial charge is 0.360 e. The van der Waals surface area contributed by atoms with E-state index in [1.807, 2.05) is 0 Å². The molecule has 0 saturated carbocycles. The van der Waals surface area contributed by atoms with Crippen molar-refractivity contribution in [3.05, 3.63) is 47.0 Å². The van der Waals surface area contributed by atoms with Crippen LogP contribution in [0.5, 0.6) is 0 Å². The topological polar surface area (TPSA) is 55.1 Å². The maximum Gasteiger partial charge on any atom is 0.259 e. The van der Waals surface area contributed by atoms with Crippen LogP contribution in [0, 0.1) is 19.7 Å². The van der Waals surface area contributed by atoms with Crippen molar-refractivity contribution in [1.29, 1.82) is 0 Å². The Kier molecular flexibility index (Phi) is 2.91. The molecule has 0 unspecified atom stereocenters. The summed E-state index contributed by atoms with van der Waals surface area (Å²) in [4.78, 5) is 11.8. The van der Waals surface area contributed by atoms with Gasteiger partial charge in [-0.25, -0.2) is 4.39 Å². The third kappa shape index (κ3) is 2.50. The van der Waals surface area contributed by atoms with Crippen molar-refractivity contribution in [1.82, 2.24) is 5.16 Å². The highest BCUT2D eigenvalue weighted by molar-refractivity contribution is 6.04. The van der Waals surface area contributed by atoms with Gasteiger partial charge in [0, 0.05) is 6.07 Å². The minimum atomic E-state index is -0.562. The standard InChI is InChI=1S/C12H11FN2O2/c1-7-3-4-10(13)9(5-7)12(16)14-11-6-8(2)17-15-11/h3-6H,1-2H3,(H,14,15,16). The van der Waals surface area contributed by atoms with E-state index >= 15 is 0 Å². The summed E-state index contributed by atoms with van der Waals surface area (Å²) in [7, 11) is 0. The second-order valence-electron chi connectivity index (χ2n) is 3.76. The van der Waals surface area contributed by atoms with E-state index in [1.54, 1.807) is 26.0 Å². The molecule has 0 fully saturated rings. The average Bonchev–Trinajstić information content (AvgIpc) is 2.67. The predicted octanol–water partition coefficient (Wildman–Crippen LogP) is 2.68. The summed E-state index contributed by atoms with van der Waals surface area (Å²) in [5, 5.41) is 6.07. The van der Waals surface area contributed by atoms with Gasteiger partial charge in [0.25, 0.3) is 5.91 Å². The summed E-state index contributed by atoms with van der Waals surface area (Å²) in [6, 6.07) is 5.91. The lowest BCUT2D eigenvalue weighted by Gasteiger charge is -2.03. The van der Waals surface area contributed by atoms with Crippen molar-refractivity contribution >= 4 is 11.7 Å². The van der Waals surface area contributed by atoms with Gasteiger partial charge in [0.2, 0.25) is 0 Å². The first kappa shape index (κ1) is 11.3. The number of nitrogens with one attached hydrogen (secondary N) is 1. The zero-order valence-electron chi connectivity index (χ0n) is 9.45. The second kappa shape index (κ2) is 4.37. The van der Waals surface area contributed by atoms with Crippen LogP contribution in [0.25, 0.3) is 0 Å². The average molecular weight is 234 g/mol. The Hall–Kier alpha value is -2.17. The van der Waals surface area contributed by atoms with Crippen molar-refractivity contribution in [2.75, 3.05) is 5.32 Å². The van der Waals surface area contributed by atoms with Gasteiger partial charge in [-0.2, -0.15) is 0 Å². The number of carbonyl (C=O) groups excluding carboxylic acids is 1. The molecule has 1 heterocycles. The molecule has 17 heavy (non-hydrogen) atoms. The molecule has 2 rings (SSSR count). The highest BCUT2D eigenvalue weighted by Gasteiger charge is 2.13. The molecule has 0 atom stereocenters. The molecule has 0 aliphatic heterocycles. The van der Waals surface area contributed by atoms with Crippen molar-refractivity contribution in [3.63, 3.8) is 0 Å². The van der Waals surface area contributed by atoms with Crippen LogP contribution >= 0.6 is 0 Å². The summed E-state index contributed by atoms with van der Waals surface area (Å²) in [6.07, 6.45) is 0. The van der Waals surface area contributed by atoms with E-state index in [1.165, 1.54) is 12.1 Å². The van der Waals surface area contributed by atoms with Crippen molar-refractivity contribution in [3.8, 4) is 0 Å². The number of rotatable bonds is 2. The van der Waals surface area contributed by atoms with Crippen molar-refractivity contribution < 1.29 is 13.7 Å². The maximum absolute atomic E-state index is 13.4. The second-order valence-corrected chi connectivity index (χ2v) is 3.76. The fourth-order valence-electron chi connectivity index (χ4n) is 1.42. The zero-order chi connectivity index (χ0) is 12.4. The van der Waals surface area contributed by atoms with Crippen LogP contribution in [0.4, 0.5) is 10.2 Å². The molecule has 5 heteroatoms. The number of aromatic nitrogens is 1. The van der Waals surface area contributed by atoms with Gasteiger partial charge in [0.1, 0.15) is 11.6 Å². The van der Waals surface area contributed by atoms with E-state index in [-0.39, 0.29) is 11.4 Å². The first-order valence-electron chi connectivity index (χ1n) is 5.07. The summed E-state index contributed by atoms with van der Waals surface area (Å²) in [5.41, 5.74) is 0.804. The summed E-state index contributed by atoms with van der Waals surface area (Å²) in [6.45, 7) is 3.49. The lowest BCUT2D eigenvalue weighted by molar-refractivity contribution is 0.102. The molecule has 0 spiro atoms. The number of benzene rings is 1. The molecule has 0 aliphatic rings. The van der Waals surface area contributed by atoms with Gasteiger partial charge in [0.15, 0.2) is 5.82 Å². The van der Waals surface area contributed by atoms with Crippen LogP contribution in [-0.4, -0.2) is 11.1 Å². The van der Waals surface area contributed by atoms with E-state index < -0.39 is 11.7 Å². The molecule has 1 N–H and O–H groups in total. The number of halogens is 1. The molecule has 0 aliphatic carbocycles. The summed E-state index contributed by atoms with van der Waals surface area (Å²) in [5.74, 6) is -0.258. The van der Waals surface area contributed by atoms with Crippen molar-refractivity contribution in [2.45, 2.75) is 13.8 Å². The fourth-order valence-corrected chi connectivity index (χ4v) is 1.42. The Morgan fingerprint density at radius 3 is 2.76 bits per heavy atom. The number of hydrogen-bond donors (Lipinski definition) is 1.